The number of allylic oxidation sites excluding steroid dienone is 1. The van der Waals surface area contributed by atoms with Crippen molar-refractivity contribution >= 4 is 35.2 Å². The van der Waals surface area contributed by atoms with E-state index in [1.165, 1.54) is 17.7 Å². The summed E-state index contributed by atoms with van der Waals surface area (Å²) in [4.78, 5) is 13.4. The number of ketones is 1. The van der Waals surface area contributed by atoms with Crippen LogP contribution >= 0.6 is 23.4 Å². The van der Waals surface area contributed by atoms with E-state index >= 15 is 0 Å². The van der Waals surface area contributed by atoms with Crippen LogP contribution in [0.15, 0.2) is 59.5 Å². The molecule has 1 nitrogen and oxygen atoms in total. The molecule has 0 atom stereocenters. The first-order chi connectivity index (χ1) is 10.7. The van der Waals surface area contributed by atoms with Crippen molar-refractivity contribution in [3.05, 3.63) is 70.8 Å². The molecule has 114 valence electrons. The monoisotopic (exact) mass is 330 g/mol. The van der Waals surface area contributed by atoms with Crippen LogP contribution in [0.1, 0.15) is 35.7 Å². The fraction of sp³-hybridized carbons (Fsp3) is 0.211. The maximum Gasteiger partial charge on any atom is 0.185 e. The lowest BCUT2D eigenvalue weighted by Crippen LogP contribution is -1.93. The zero-order valence-corrected chi connectivity index (χ0v) is 14.2. The van der Waals surface area contributed by atoms with E-state index in [1.807, 2.05) is 60.3 Å². The summed E-state index contributed by atoms with van der Waals surface area (Å²) < 4.78 is 0. The quantitative estimate of drug-likeness (QED) is 0.263. The van der Waals surface area contributed by atoms with E-state index in [-0.39, 0.29) is 5.78 Å². The summed E-state index contributed by atoms with van der Waals surface area (Å²) >= 11 is 7.76. The molecular weight excluding hydrogens is 312 g/mol. The van der Waals surface area contributed by atoms with Crippen LogP contribution in [0.2, 0.25) is 5.02 Å². The molecule has 3 heteroatoms. The Morgan fingerprint density at radius 3 is 2.64 bits per heavy atom. The third-order valence-electron chi connectivity index (χ3n) is 3.18. The molecule has 0 spiro atoms. The van der Waals surface area contributed by atoms with Gasteiger partial charge in [0.15, 0.2) is 5.78 Å². The summed E-state index contributed by atoms with van der Waals surface area (Å²) in [7, 11) is 0. The molecule has 0 bridgehead atoms. The van der Waals surface area contributed by atoms with Crippen LogP contribution in [0.3, 0.4) is 0 Å². The molecule has 0 aliphatic heterocycles. The van der Waals surface area contributed by atoms with Crippen molar-refractivity contribution in [1.82, 2.24) is 0 Å². The van der Waals surface area contributed by atoms with Crippen molar-refractivity contribution in [2.75, 3.05) is 5.75 Å². The third-order valence-corrected chi connectivity index (χ3v) is 4.51. The third kappa shape index (κ3) is 5.36. The highest BCUT2D eigenvalue weighted by Gasteiger charge is 2.02. The molecule has 0 aliphatic rings. The molecule has 2 rings (SSSR count). The van der Waals surface area contributed by atoms with Crippen molar-refractivity contribution < 1.29 is 4.79 Å². The van der Waals surface area contributed by atoms with Crippen molar-refractivity contribution in [2.45, 2.75) is 24.7 Å². The van der Waals surface area contributed by atoms with Gasteiger partial charge in [-0.1, -0.05) is 43.2 Å². The van der Waals surface area contributed by atoms with Gasteiger partial charge >= 0.3 is 0 Å². The summed E-state index contributed by atoms with van der Waals surface area (Å²) in [5, 5.41) is 0.669. The van der Waals surface area contributed by atoms with Crippen LogP contribution in [-0.4, -0.2) is 11.5 Å². The number of hydrogen-bond donors (Lipinski definition) is 0. The van der Waals surface area contributed by atoms with E-state index < -0.39 is 0 Å². The number of halogens is 1. The Balaban J connectivity index is 1.97. The average Bonchev–Trinajstić information content (AvgIpc) is 2.54. The van der Waals surface area contributed by atoms with Crippen molar-refractivity contribution in [1.29, 1.82) is 0 Å². The van der Waals surface area contributed by atoms with Crippen LogP contribution in [0.25, 0.3) is 6.08 Å². The zero-order chi connectivity index (χ0) is 15.8. The second-order valence-electron chi connectivity index (χ2n) is 4.98. The molecule has 2 aromatic carbocycles. The Bertz CT molecular complexity index is 647. The minimum absolute atomic E-state index is 0.00471. The summed E-state index contributed by atoms with van der Waals surface area (Å²) in [5.41, 5.74) is 1.63. The number of hydrogen-bond acceptors (Lipinski definition) is 2. The highest BCUT2D eigenvalue weighted by Crippen LogP contribution is 2.20. The highest BCUT2D eigenvalue weighted by atomic mass is 35.5. The topological polar surface area (TPSA) is 17.1 Å². The van der Waals surface area contributed by atoms with Gasteiger partial charge in [0, 0.05) is 15.5 Å². The van der Waals surface area contributed by atoms with Crippen molar-refractivity contribution in [3.63, 3.8) is 0 Å². The van der Waals surface area contributed by atoms with Crippen LogP contribution in [-0.2, 0) is 0 Å². The second kappa shape index (κ2) is 8.82. The smallest absolute Gasteiger partial charge is 0.185 e. The zero-order valence-electron chi connectivity index (χ0n) is 12.6. The molecule has 0 radical (unpaired) electrons. The molecule has 0 heterocycles. The molecule has 0 N–H and O–H groups in total. The van der Waals surface area contributed by atoms with Crippen LogP contribution in [0.4, 0.5) is 0 Å². The van der Waals surface area contributed by atoms with E-state index in [4.69, 9.17) is 11.6 Å². The number of unbranched alkanes of at least 4 members (excludes halogenated alkanes) is 1. The van der Waals surface area contributed by atoms with E-state index in [0.717, 1.165) is 11.3 Å². The van der Waals surface area contributed by atoms with E-state index in [2.05, 4.69) is 6.92 Å². The number of rotatable bonds is 7. The lowest BCUT2D eigenvalue weighted by molar-refractivity contribution is 0.104. The maximum absolute atomic E-state index is 12.1. The Labute approximate surface area is 141 Å². The Hall–Kier alpha value is -1.51. The van der Waals surface area contributed by atoms with Gasteiger partial charge in [0.1, 0.15) is 0 Å². The average molecular weight is 331 g/mol. The van der Waals surface area contributed by atoms with Gasteiger partial charge in [-0.3, -0.25) is 4.79 Å². The minimum Gasteiger partial charge on any atom is -0.289 e. The summed E-state index contributed by atoms with van der Waals surface area (Å²) in [5.74, 6) is 1.13. The van der Waals surface area contributed by atoms with E-state index in [9.17, 15) is 4.79 Å². The van der Waals surface area contributed by atoms with E-state index in [0.29, 0.717) is 10.6 Å². The van der Waals surface area contributed by atoms with Gasteiger partial charge in [-0.15, -0.1) is 11.8 Å². The van der Waals surface area contributed by atoms with Crippen molar-refractivity contribution in [3.8, 4) is 0 Å². The fourth-order valence-corrected chi connectivity index (χ4v) is 3.12. The molecule has 22 heavy (non-hydrogen) atoms. The normalized spacial score (nSPS) is 11.0. The van der Waals surface area contributed by atoms with Gasteiger partial charge in [-0.2, -0.15) is 0 Å². The number of carbonyl (C=O) groups is 1. The Morgan fingerprint density at radius 1 is 1.18 bits per heavy atom. The predicted octanol–water partition coefficient (Wildman–Crippen LogP) is 6.13. The second-order valence-corrected chi connectivity index (χ2v) is 6.58. The van der Waals surface area contributed by atoms with Gasteiger partial charge in [0.2, 0.25) is 0 Å². The number of thioether (sulfide) groups is 1. The SMILES string of the molecule is CCCCSc1ccc(C(=O)C=Cc2cccc(Cl)c2)cc1. The number of benzene rings is 2. The molecule has 0 amide bonds. The van der Waals surface area contributed by atoms with Gasteiger partial charge in [-0.05, 0) is 60.2 Å². The van der Waals surface area contributed by atoms with Gasteiger partial charge in [0.05, 0.1) is 0 Å². The van der Waals surface area contributed by atoms with Crippen LogP contribution in [0, 0.1) is 0 Å². The molecule has 0 fully saturated rings. The molecule has 0 aliphatic carbocycles. The molecule has 0 aromatic heterocycles. The molecule has 0 saturated carbocycles. The standard InChI is InChI=1S/C19H19ClOS/c1-2-3-13-22-18-10-8-16(9-11-18)19(21)12-7-15-5-4-6-17(20)14-15/h4-12,14H,2-3,13H2,1H3. The lowest BCUT2D eigenvalue weighted by atomic mass is 10.1. The molecule has 0 saturated heterocycles. The molecular formula is C19H19ClOS. The fourth-order valence-electron chi connectivity index (χ4n) is 1.93. The summed E-state index contributed by atoms with van der Waals surface area (Å²) in [6.07, 6.45) is 5.80. The molecule has 0 unspecified atom stereocenters. The Morgan fingerprint density at radius 2 is 1.95 bits per heavy atom. The largest absolute Gasteiger partial charge is 0.289 e. The van der Waals surface area contributed by atoms with Crippen molar-refractivity contribution in [2.24, 2.45) is 0 Å². The minimum atomic E-state index is 0.00471. The summed E-state index contributed by atoms with van der Waals surface area (Å²) in [6.45, 7) is 2.19. The first-order valence-corrected chi connectivity index (χ1v) is 8.76. The lowest BCUT2D eigenvalue weighted by Gasteiger charge is -2.02. The first-order valence-electron chi connectivity index (χ1n) is 7.40. The van der Waals surface area contributed by atoms with Crippen LogP contribution < -0.4 is 0 Å². The first kappa shape index (κ1) is 16.9. The predicted molar refractivity (Wildman–Crippen MR) is 96.9 cm³/mol. The number of carbonyl (C=O) groups excluding carboxylic acids is 1. The van der Waals surface area contributed by atoms with Gasteiger partial charge in [0.25, 0.3) is 0 Å². The maximum atomic E-state index is 12.1. The summed E-state index contributed by atoms with van der Waals surface area (Å²) in [6, 6.07) is 15.2. The highest BCUT2D eigenvalue weighted by molar-refractivity contribution is 7.99. The van der Waals surface area contributed by atoms with Gasteiger partial charge in [-0.25, -0.2) is 0 Å². The Kier molecular flexibility index (Phi) is 6.75. The van der Waals surface area contributed by atoms with E-state index in [1.54, 1.807) is 12.2 Å². The van der Waals surface area contributed by atoms with Gasteiger partial charge < -0.3 is 0 Å². The molecule has 2 aromatic rings. The van der Waals surface area contributed by atoms with Crippen LogP contribution in [0.5, 0.6) is 0 Å².